The molecule has 0 aliphatic carbocycles. The summed E-state index contributed by atoms with van der Waals surface area (Å²) in [5.41, 5.74) is 6.61. The van der Waals surface area contributed by atoms with Gasteiger partial charge in [0.05, 0.1) is 15.3 Å². The van der Waals surface area contributed by atoms with Crippen LogP contribution < -0.4 is 16.2 Å². The van der Waals surface area contributed by atoms with Gasteiger partial charge in [-0.2, -0.15) is 0 Å². The average Bonchev–Trinajstić information content (AvgIpc) is 2.74. The van der Waals surface area contributed by atoms with Gasteiger partial charge in [-0.1, -0.05) is 11.6 Å². The Kier molecular flexibility index (Phi) is 4.24. The summed E-state index contributed by atoms with van der Waals surface area (Å²) in [5.74, 6) is 0. The van der Waals surface area contributed by atoms with Crippen molar-refractivity contribution < 1.29 is 8.42 Å². The third-order valence-corrected chi connectivity index (χ3v) is 4.97. The second-order valence-electron chi connectivity index (χ2n) is 4.34. The van der Waals surface area contributed by atoms with Crippen LogP contribution in [0.25, 0.3) is 0 Å². The summed E-state index contributed by atoms with van der Waals surface area (Å²) in [6, 6.07) is 8.14. The van der Waals surface area contributed by atoms with Crippen LogP contribution >= 0.6 is 22.9 Å². The molecule has 0 radical (unpaired) electrons. The van der Waals surface area contributed by atoms with Crippen molar-refractivity contribution in [1.82, 2.24) is 0 Å². The molecule has 2 rings (SSSR count). The van der Waals surface area contributed by atoms with Gasteiger partial charge in [0, 0.05) is 16.3 Å². The number of primary sulfonamides is 1. The van der Waals surface area contributed by atoms with Gasteiger partial charge in [0.2, 0.25) is 10.0 Å². The molecule has 2 aromatic rings. The summed E-state index contributed by atoms with van der Waals surface area (Å²) in [4.78, 5) is 1.02. The van der Waals surface area contributed by atoms with E-state index in [0.717, 1.165) is 4.88 Å². The van der Waals surface area contributed by atoms with Crippen LogP contribution in [0, 0.1) is 0 Å². The van der Waals surface area contributed by atoms with Crippen molar-refractivity contribution in [2.45, 2.75) is 17.9 Å². The van der Waals surface area contributed by atoms with E-state index in [9.17, 15) is 8.42 Å². The minimum Gasteiger partial charge on any atom is -0.399 e. The first-order valence-corrected chi connectivity index (χ1v) is 8.45. The van der Waals surface area contributed by atoms with Gasteiger partial charge in [-0.15, -0.1) is 11.3 Å². The number of sulfonamides is 1. The molecule has 0 fully saturated rings. The van der Waals surface area contributed by atoms with Crippen molar-refractivity contribution in [2.24, 2.45) is 5.14 Å². The summed E-state index contributed by atoms with van der Waals surface area (Å²) >= 11 is 7.35. The maximum Gasteiger partial charge on any atom is 0.238 e. The monoisotopic (exact) mass is 331 g/mol. The standard InChI is InChI=1S/C12H14ClN3O2S2/c1-7(11-2-3-12(13)19-11)16-9-4-8(14)5-10(6-9)20(15,17)18/h2-7,16H,14H2,1H3,(H2,15,17,18). The normalized spacial score (nSPS) is 13.2. The Morgan fingerprint density at radius 2 is 2.00 bits per heavy atom. The third-order valence-electron chi connectivity index (χ3n) is 2.66. The molecule has 1 unspecified atom stereocenters. The maximum atomic E-state index is 11.4. The average molecular weight is 332 g/mol. The number of nitrogens with two attached hydrogens (primary N) is 2. The van der Waals surface area contributed by atoms with Crippen molar-refractivity contribution in [3.8, 4) is 0 Å². The first-order valence-electron chi connectivity index (χ1n) is 5.71. The van der Waals surface area contributed by atoms with E-state index in [0.29, 0.717) is 15.7 Å². The van der Waals surface area contributed by atoms with Crippen LogP contribution in [0.2, 0.25) is 4.34 Å². The highest BCUT2D eigenvalue weighted by atomic mass is 35.5. The predicted molar refractivity (Wildman–Crippen MR) is 83.6 cm³/mol. The van der Waals surface area contributed by atoms with E-state index < -0.39 is 10.0 Å². The van der Waals surface area contributed by atoms with Crippen molar-refractivity contribution in [2.75, 3.05) is 11.1 Å². The third kappa shape index (κ3) is 3.63. The van der Waals surface area contributed by atoms with E-state index in [1.54, 1.807) is 6.07 Å². The molecular weight excluding hydrogens is 318 g/mol. The fourth-order valence-electron chi connectivity index (χ4n) is 1.75. The van der Waals surface area contributed by atoms with E-state index in [1.165, 1.54) is 23.5 Å². The van der Waals surface area contributed by atoms with Gasteiger partial charge in [0.1, 0.15) is 0 Å². The van der Waals surface area contributed by atoms with Crippen molar-refractivity contribution in [3.05, 3.63) is 39.5 Å². The molecule has 20 heavy (non-hydrogen) atoms. The van der Waals surface area contributed by atoms with Gasteiger partial charge in [0.25, 0.3) is 0 Å². The van der Waals surface area contributed by atoms with Gasteiger partial charge in [-0.3, -0.25) is 0 Å². The molecule has 1 heterocycles. The number of anilines is 2. The number of rotatable bonds is 4. The first-order chi connectivity index (χ1) is 9.25. The topological polar surface area (TPSA) is 98.2 Å². The molecule has 0 saturated carbocycles. The second kappa shape index (κ2) is 5.61. The lowest BCUT2D eigenvalue weighted by Crippen LogP contribution is -2.13. The lowest BCUT2D eigenvalue weighted by Gasteiger charge is -2.15. The number of benzene rings is 1. The highest BCUT2D eigenvalue weighted by molar-refractivity contribution is 7.89. The fourth-order valence-corrected chi connectivity index (χ4v) is 3.41. The van der Waals surface area contributed by atoms with Crippen LogP contribution in [0.4, 0.5) is 11.4 Å². The Bertz CT molecular complexity index is 728. The second-order valence-corrected chi connectivity index (χ2v) is 7.65. The van der Waals surface area contributed by atoms with Gasteiger partial charge in [0.15, 0.2) is 0 Å². The summed E-state index contributed by atoms with van der Waals surface area (Å²) in [6.45, 7) is 1.95. The lowest BCUT2D eigenvalue weighted by molar-refractivity contribution is 0.598. The van der Waals surface area contributed by atoms with Crippen LogP contribution in [-0.4, -0.2) is 8.42 Å². The Morgan fingerprint density at radius 1 is 1.30 bits per heavy atom. The van der Waals surface area contributed by atoms with Crippen molar-refractivity contribution in [3.63, 3.8) is 0 Å². The van der Waals surface area contributed by atoms with Gasteiger partial charge in [-0.25, -0.2) is 13.6 Å². The number of nitrogens with one attached hydrogen (secondary N) is 1. The van der Waals surface area contributed by atoms with Crippen LogP contribution in [-0.2, 0) is 10.0 Å². The molecule has 5 N–H and O–H groups in total. The van der Waals surface area contributed by atoms with Gasteiger partial charge >= 0.3 is 0 Å². The fraction of sp³-hybridized carbons (Fsp3) is 0.167. The number of hydrogen-bond acceptors (Lipinski definition) is 5. The van der Waals surface area contributed by atoms with Gasteiger partial charge in [-0.05, 0) is 37.3 Å². The molecule has 8 heteroatoms. The summed E-state index contributed by atoms with van der Waals surface area (Å²) in [6.07, 6.45) is 0. The van der Waals surface area contributed by atoms with Crippen molar-refractivity contribution >= 4 is 44.3 Å². The van der Waals surface area contributed by atoms with Crippen LogP contribution in [0.3, 0.4) is 0 Å². The zero-order chi connectivity index (χ0) is 14.9. The molecule has 0 aliphatic heterocycles. The van der Waals surface area contributed by atoms with E-state index >= 15 is 0 Å². The molecule has 0 saturated heterocycles. The zero-order valence-corrected chi connectivity index (χ0v) is 13.0. The number of thiophene rings is 1. The molecule has 0 spiro atoms. The van der Waals surface area contributed by atoms with Crippen LogP contribution in [0.15, 0.2) is 35.2 Å². The van der Waals surface area contributed by atoms with Crippen LogP contribution in [0.1, 0.15) is 17.8 Å². The lowest BCUT2D eigenvalue weighted by atomic mass is 10.2. The van der Waals surface area contributed by atoms with Gasteiger partial charge < -0.3 is 11.1 Å². The molecule has 5 nitrogen and oxygen atoms in total. The molecule has 0 bridgehead atoms. The molecule has 1 atom stereocenters. The smallest absolute Gasteiger partial charge is 0.238 e. The first kappa shape index (κ1) is 15.1. The highest BCUT2D eigenvalue weighted by Crippen LogP contribution is 2.30. The number of hydrogen-bond donors (Lipinski definition) is 3. The van der Waals surface area contributed by atoms with E-state index in [-0.39, 0.29) is 10.9 Å². The molecule has 108 valence electrons. The van der Waals surface area contributed by atoms with E-state index in [2.05, 4.69) is 5.32 Å². The SMILES string of the molecule is CC(Nc1cc(N)cc(S(N)(=O)=O)c1)c1ccc(Cl)s1. The number of halogens is 1. The molecule has 1 aromatic carbocycles. The quantitative estimate of drug-likeness (QED) is 0.750. The minimum atomic E-state index is -3.78. The predicted octanol–water partition coefficient (Wildman–Crippen LogP) is 2.80. The Labute approximate surface area is 126 Å². The molecular formula is C12H14ClN3O2S2. The summed E-state index contributed by atoms with van der Waals surface area (Å²) in [7, 11) is -3.78. The summed E-state index contributed by atoms with van der Waals surface area (Å²) in [5, 5.41) is 8.29. The highest BCUT2D eigenvalue weighted by Gasteiger charge is 2.13. The van der Waals surface area contributed by atoms with E-state index in [1.807, 2.05) is 19.1 Å². The van der Waals surface area contributed by atoms with Crippen molar-refractivity contribution in [1.29, 1.82) is 0 Å². The zero-order valence-electron chi connectivity index (χ0n) is 10.6. The van der Waals surface area contributed by atoms with E-state index in [4.69, 9.17) is 22.5 Å². The molecule has 0 aliphatic rings. The summed E-state index contributed by atoms with van der Waals surface area (Å²) < 4.78 is 23.5. The molecule has 1 aromatic heterocycles. The number of nitrogen functional groups attached to an aromatic ring is 1. The minimum absolute atomic E-state index is 0.0172. The van der Waals surface area contributed by atoms with Crippen LogP contribution in [0.5, 0.6) is 0 Å². The molecule has 0 amide bonds. The Balaban J connectivity index is 2.28. The largest absolute Gasteiger partial charge is 0.399 e. The maximum absolute atomic E-state index is 11.4. The Morgan fingerprint density at radius 3 is 2.55 bits per heavy atom. The Hall–Kier alpha value is -1.28.